The van der Waals surface area contributed by atoms with Gasteiger partial charge in [0.2, 0.25) is 0 Å². The third kappa shape index (κ3) is 7.26. The summed E-state index contributed by atoms with van der Waals surface area (Å²) in [4.78, 5) is 67.7. The van der Waals surface area contributed by atoms with Crippen molar-refractivity contribution in [2.45, 2.75) is 65.8 Å². The third-order valence-electron chi connectivity index (χ3n) is 8.07. The zero-order valence-electron chi connectivity index (χ0n) is 28.4. The molecular weight excluding hydrogens is 631 g/mol. The van der Waals surface area contributed by atoms with Crippen molar-refractivity contribution >= 4 is 30.8 Å². The number of aromatic nitrogens is 8. The van der Waals surface area contributed by atoms with Crippen molar-refractivity contribution in [3.05, 3.63) is 113 Å². The SMILES string of the molecule is CC1=Nc2c(c(=O)n(Cc3ccccn3)c(=O)n2C)C1.Cc1nc2c(c(=O)n(Cc3ccccn3)c(=O)n2C)n1COCC[Si](C)(C)C. The minimum absolute atomic E-state index is 0.114. The molecule has 0 saturated carbocycles. The summed E-state index contributed by atoms with van der Waals surface area (Å²) in [5.41, 5.74) is 2.10. The van der Waals surface area contributed by atoms with E-state index in [0.717, 1.165) is 11.8 Å². The van der Waals surface area contributed by atoms with Crippen molar-refractivity contribution in [2.75, 3.05) is 6.61 Å². The van der Waals surface area contributed by atoms with E-state index in [9.17, 15) is 19.2 Å². The average Bonchev–Trinajstić information content (AvgIpc) is 3.62. The highest BCUT2D eigenvalue weighted by Crippen LogP contribution is 2.21. The zero-order valence-corrected chi connectivity index (χ0v) is 29.4. The first-order valence-electron chi connectivity index (χ1n) is 15.7. The van der Waals surface area contributed by atoms with Crippen LogP contribution in [0.1, 0.15) is 29.7 Å². The van der Waals surface area contributed by atoms with Gasteiger partial charge >= 0.3 is 11.4 Å². The Morgan fingerprint density at radius 2 is 1.38 bits per heavy atom. The Balaban J connectivity index is 0.000000198. The van der Waals surface area contributed by atoms with Gasteiger partial charge in [0.15, 0.2) is 11.2 Å². The topological polar surface area (TPSA) is 153 Å². The predicted molar refractivity (Wildman–Crippen MR) is 187 cm³/mol. The predicted octanol–water partition coefficient (Wildman–Crippen LogP) is 2.60. The van der Waals surface area contributed by atoms with Crippen LogP contribution in [0.5, 0.6) is 0 Å². The van der Waals surface area contributed by atoms with E-state index in [1.807, 2.05) is 26.0 Å². The molecule has 0 amide bonds. The number of imidazole rings is 1. The van der Waals surface area contributed by atoms with Crippen molar-refractivity contribution in [3.8, 4) is 0 Å². The summed E-state index contributed by atoms with van der Waals surface area (Å²) in [6, 6.07) is 11.9. The average molecular weight is 672 g/mol. The standard InChI is InChI=1S/C19H27N5O3Si.C14H14N4O2/c1-14-21-17-16(24(14)13-27-10-11-28(3,4)5)18(25)23(19(26)22(17)2)12-15-8-6-7-9-20-15;1-9-7-11-12(16-9)17(2)14(20)18(13(11)19)8-10-5-3-4-6-15-10/h6-9H,10-13H2,1-5H3;3-6H,7-8H2,1-2H3. The van der Waals surface area contributed by atoms with Gasteiger partial charge in [0.05, 0.1) is 30.0 Å². The van der Waals surface area contributed by atoms with Crippen molar-refractivity contribution in [1.29, 1.82) is 0 Å². The summed E-state index contributed by atoms with van der Waals surface area (Å²) in [6.07, 6.45) is 3.79. The molecule has 6 heterocycles. The lowest BCUT2D eigenvalue weighted by atomic mass is 10.2. The van der Waals surface area contributed by atoms with E-state index >= 15 is 0 Å². The van der Waals surface area contributed by atoms with E-state index in [2.05, 4.69) is 39.6 Å². The molecule has 0 bridgehead atoms. The lowest BCUT2D eigenvalue weighted by Crippen LogP contribution is -2.40. The molecule has 252 valence electrons. The maximum Gasteiger partial charge on any atom is 0.332 e. The van der Waals surface area contributed by atoms with Crippen LogP contribution in [0.4, 0.5) is 5.82 Å². The molecule has 0 radical (unpaired) electrons. The van der Waals surface area contributed by atoms with Gasteiger partial charge in [-0.15, -0.1) is 0 Å². The quantitative estimate of drug-likeness (QED) is 0.171. The third-order valence-corrected chi connectivity index (χ3v) is 9.77. The maximum atomic E-state index is 13.1. The van der Waals surface area contributed by atoms with Crippen LogP contribution in [0.2, 0.25) is 25.7 Å². The van der Waals surface area contributed by atoms with Crippen molar-refractivity contribution in [3.63, 3.8) is 0 Å². The Bertz CT molecular complexity index is 2230. The first-order valence-corrected chi connectivity index (χ1v) is 19.4. The van der Waals surface area contributed by atoms with E-state index in [-0.39, 0.29) is 36.6 Å². The van der Waals surface area contributed by atoms with E-state index in [1.54, 1.807) is 55.3 Å². The monoisotopic (exact) mass is 671 g/mol. The molecule has 0 fully saturated rings. The highest BCUT2D eigenvalue weighted by atomic mass is 28.3. The molecule has 0 saturated heterocycles. The second kappa shape index (κ2) is 14.0. The summed E-state index contributed by atoms with van der Waals surface area (Å²) >= 11 is 0. The fourth-order valence-corrected chi connectivity index (χ4v) is 6.11. The molecule has 5 aromatic heterocycles. The van der Waals surface area contributed by atoms with Crippen LogP contribution in [0.25, 0.3) is 11.2 Å². The second-order valence-electron chi connectivity index (χ2n) is 13.0. The fourth-order valence-electron chi connectivity index (χ4n) is 5.35. The number of nitrogens with zero attached hydrogens (tertiary/aromatic N) is 9. The molecule has 14 nitrogen and oxygen atoms in total. The number of pyridine rings is 2. The molecule has 0 unspecified atom stereocenters. The van der Waals surface area contributed by atoms with E-state index in [4.69, 9.17) is 4.74 Å². The van der Waals surface area contributed by atoms with Crippen molar-refractivity contribution in [1.82, 2.24) is 37.8 Å². The highest BCUT2D eigenvalue weighted by Gasteiger charge is 2.23. The Hall–Kier alpha value is -5.02. The summed E-state index contributed by atoms with van der Waals surface area (Å²) < 4.78 is 12.8. The first kappa shape index (κ1) is 34.3. The van der Waals surface area contributed by atoms with Crippen LogP contribution >= 0.6 is 0 Å². The van der Waals surface area contributed by atoms with Gasteiger partial charge in [-0.3, -0.25) is 42.4 Å². The fraction of sp³-hybridized carbons (Fsp3) is 0.394. The Kier molecular flexibility index (Phi) is 10.0. The molecule has 1 aliphatic heterocycles. The van der Waals surface area contributed by atoms with Crippen LogP contribution < -0.4 is 22.5 Å². The molecule has 1 aliphatic rings. The van der Waals surface area contributed by atoms with Gasteiger partial charge in [-0.05, 0) is 44.2 Å². The Labute approximate surface area is 277 Å². The summed E-state index contributed by atoms with van der Waals surface area (Å²) in [5, 5.41) is 0. The van der Waals surface area contributed by atoms with Crippen molar-refractivity contribution in [2.24, 2.45) is 19.1 Å². The highest BCUT2D eigenvalue weighted by molar-refractivity contribution is 6.76. The van der Waals surface area contributed by atoms with E-state index in [0.29, 0.717) is 52.8 Å². The lowest BCUT2D eigenvalue weighted by molar-refractivity contribution is 0.0883. The van der Waals surface area contributed by atoms with Gasteiger partial charge in [-0.25, -0.2) is 19.6 Å². The van der Waals surface area contributed by atoms with Gasteiger partial charge in [0.1, 0.15) is 18.4 Å². The van der Waals surface area contributed by atoms with Gasteiger partial charge in [0.25, 0.3) is 11.1 Å². The number of hydrogen-bond donors (Lipinski definition) is 0. The molecule has 48 heavy (non-hydrogen) atoms. The van der Waals surface area contributed by atoms with Crippen LogP contribution in [0.3, 0.4) is 0 Å². The summed E-state index contributed by atoms with van der Waals surface area (Å²) in [7, 11) is 2.07. The minimum atomic E-state index is -1.19. The van der Waals surface area contributed by atoms with Crippen LogP contribution in [-0.2, 0) is 45.1 Å². The normalized spacial score (nSPS) is 12.5. The van der Waals surface area contributed by atoms with Crippen LogP contribution in [0.15, 0.2) is 73.0 Å². The molecular formula is C33H41N9O5Si. The molecule has 6 rings (SSSR count). The number of aliphatic imine (C=N–C) groups is 1. The number of ether oxygens (including phenoxy) is 1. The minimum Gasteiger partial charge on any atom is -0.361 e. The first-order chi connectivity index (χ1) is 22.8. The number of rotatable bonds is 9. The lowest BCUT2D eigenvalue weighted by Gasteiger charge is -2.16. The molecule has 0 atom stereocenters. The molecule has 0 aromatic carbocycles. The Morgan fingerprint density at radius 3 is 1.94 bits per heavy atom. The Morgan fingerprint density at radius 1 is 0.792 bits per heavy atom. The number of hydrogen-bond acceptors (Lipinski definition) is 9. The van der Waals surface area contributed by atoms with E-state index in [1.165, 1.54) is 18.3 Å². The van der Waals surface area contributed by atoms with Gasteiger partial charge in [0, 0.05) is 53.3 Å². The van der Waals surface area contributed by atoms with Crippen LogP contribution in [-0.4, -0.2) is 58.2 Å². The van der Waals surface area contributed by atoms with Gasteiger partial charge in [-0.1, -0.05) is 31.8 Å². The van der Waals surface area contributed by atoms with Crippen molar-refractivity contribution < 1.29 is 4.74 Å². The molecule has 0 N–H and O–H groups in total. The zero-order chi connectivity index (χ0) is 34.7. The second-order valence-corrected chi connectivity index (χ2v) is 18.7. The smallest absolute Gasteiger partial charge is 0.332 e. The molecule has 5 aromatic rings. The van der Waals surface area contributed by atoms with Gasteiger partial charge < -0.3 is 4.74 Å². The van der Waals surface area contributed by atoms with Gasteiger partial charge in [-0.2, -0.15) is 0 Å². The largest absolute Gasteiger partial charge is 0.361 e. The number of aryl methyl sites for hydroxylation is 2. The molecule has 15 heteroatoms. The summed E-state index contributed by atoms with van der Waals surface area (Å²) in [5.74, 6) is 1.13. The van der Waals surface area contributed by atoms with E-state index < -0.39 is 13.8 Å². The molecule has 0 spiro atoms. The molecule has 0 aliphatic carbocycles. The van der Waals surface area contributed by atoms with Crippen LogP contribution in [0, 0.1) is 6.92 Å². The number of fused-ring (bicyclic) bond motifs is 2. The summed E-state index contributed by atoms with van der Waals surface area (Å²) in [6.45, 7) is 11.7. The maximum absolute atomic E-state index is 13.1.